The fourth-order valence-corrected chi connectivity index (χ4v) is 3.74. The SMILES string of the molecule is COc1ccc(CC2N=NC(SC)=NC2=O)cc1.COc1ccc(CC2N=NC(SC)=NC2=O)cc1. The number of hydrogen-bond acceptors (Lipinski definition) is 10. The van der Waals surface area contributed by atoms with E-state index in [-0.39, 0.29) is 11.8 Å². The molecule has 10 nitrogen and oxygen atoms in total. The molecule has 0 saturated heterocycles. The Kier molecular flexibility index (Phi) is 10.3. The fraction of sp³-hybridized carbons (Fsp3) is 0.333. The summed E-state index contributed by atoms with van der Waals surface area (Å²) in [5, 5.41) is 16.6. The first-order chi connectivity index (χ1) is 17.4. The van der Waals surface area contributed by atoms with Gasteiger partial charge >= 0.3 is 0 Å². The molecule has 188 valence electrons. The Hall–Kier alpha value is -3.38. The molecule has 12 heteroatoms. The number of methoxy groups -OCH3 is 2. The van der Waals surface area contributed by atoms with Gasteiger partial charge in [-0.1, -0.05) is 47.8 Å². The Morgan fingerprint density at radius 3 is 1.31 bits per heavy atom. The third-order valence-corrected chi connectivity index (χ3v) is 6.16. The highest BCUT2D eigenvalue weighted by molar-refractivity contribution is 8.13. The smallest absolute Gasteiger partial charge is 0.275 e. The van der Waals surface area contributed by atoms with Crippen molar-refractivity contribution in [2.24, 2.45) is 30.4 Å². The molecule has 2 unspecified atom stereocenters. The molecule has 36 heavy (non-hydrogen) atoms. The zero-order valence-electron chi connectivity index (χ0n) is 20.3. The first-order valence-corrected chi connectivity index (χ1v) is 13.3. The normalized spacial score (nSPS) is 18.7. The summed E-state index contributed by atoms with van der Waals surface area (Å²) in [4.78, 5) is 31.2. The summed E-state index contributed by atoms with van der Waals surface area (Å²) in [6.07, 6.45) is 4.65. The van der Waals surface area contributed by atoms with Crippen molar-refractivity contribution in [3.05, 3.63) is 59.7 Å². The summed E-state index contributed by atoms with van der Waals surface area (Å²) >= 11 is 2.63. The number of nitrogens with zero attached hydrogens (tertiary/aromatic N) is 6. The molecule has 2 amide bonds. The number of azo groups is 2. The zero-order chi connectivity index (χ0) is 25.9. The van der Waals surface area contributed by atoms with Crippen molar-refractivity contribution in [2.45, 2.75) is 24.9 Å². The van der Waals surface area contributed by atoms with Crippen LogP contribution in [0.3, 0.4) is 0 Å². The van der Waals surface area contributed by atoms with Crippen LogP contribution in [0, 0.1) is 0 Å². The average Bonchev–Trinajstić information content (AvgIpc) is 2.92. The number of aliphatic imine (C=N–C) groups is 2. The lowest BCUT2D eigenvalue weighted by atomic mass is 10.1. The third-order valence-electron chi connectivity index (χ3n) is 5.09. The van der Waals surface area contributed by atoms with Crippen LogP contribution in [0.25, 0.3) is 0 Å². The molecule has 0 N–H and O–H groups in total. The van der Waals surface area contributed by atoms with E-state index in [2.05, 4.69) is 30.4 Å². The highest BCUT2D eigenvalue weighted by Gasteiger charge is 2.23. The molecule has 2 aromatic rings. The molecule has 0 saturated carbocycles. The maximum atomic E-state index is 11.7. The van der Waals surface area contributed by atoms with Crippen molar-refractivity contribution >= 4 is 45.7 Å². The first kappa shape index (κ1) is 27.2. The van der Waals surface area contributed by atoms with Gasteiger partial charge in [-0.25, -0.2) is 0 Å². The molecule has 2 aliphatic heterocycles. The second-order valence-corrected chi connectivity index (χ2v) is 8.99. The molecule has 0 aromatic heterocycles. The standard InChI is InChI=1S/2C12H13N3O2S/c2*1-17-9-5-3-8(4-6-9)7-10-11(16)13-12(18-2)15-14-10/h2*3-6,10H,7H2,1-2H3. The average molecular weight is 527 g/mol. The minimum atomic E-state index is -0.505. The maximum Gasteiger partial charge on any atom is 0.275 e. The topological polar surface area (TPSA) is 127 Å². The van der Waals surface area contributed by atoms with Crippen LogP contribution in [0.15, 0.2) is 79.0 Å². The van der Waals surface area contributed by atoms with Crippen LogP contribution < -0.4 is 9.47 Å². The molecule has 0 radical (unpaired) electrons. The lowest BCUT2D eigenvalue weighted by Crippen LogP contribution is -2.23. The minimum Gasteiger partial charge on any atom is -0.497 e. The van der Waals surface area contributed by atoms with E-state index in [0.717, 1.165) is 22.6 Å². The molecular formula is C24H26N6O4S2. The van der Waals surface area contributed by atoms with E-state index >= 15 is 0 Å². The molecular weight excluding hydrogens is 500 g/mol. The molecule has 2 atom stereocenters. The van der Waals surface area contributed by atoms with Crippen molar-refractivity contribution in [1.29, 1.82) is 0 Å². The summed E-state index contributed by atoms with van der Waals surface area (Å²) in [6, 6.07) is 14.1. The molecule has 2 aliphatic rings. The second kappa shape index (κ2) is 13.6. The van der Waals surface area contributed by atoms with E-state index in [1.54, 1.807) is 14.2 Å². The van der Waals surface area contributed by atoms with Gasteiger partial charge in [0.1, 0.15) is 11.5 Å². The first-order valence-electron chi connectivity index (χ1n) is 10.9. The summed E-state index contributed by atoms with van der Waals surface area (Å²) < 4.78 is 10.2. The number of thioether (sulfide) groups is 2. The lowest BCUT2D eigenvalue weighted by Gasteiger charge is -2.11. The Morgan fingerprint density at radius 2 is 1.03 bits per heavy atom. The highest BCUT2D eigenvalue weighted by atomic mass is 32.2. The van der Waals surface area contributed by atoms with Crippen LogP contribution in [0.2, 0.25) is 0 Å². The largest absolute Gasteiger partial charge is 0.497 e. The van der Waals surface area contributed by atoms with Crippen LogP contribution in [-0.2, 0) is 22.4 Å². The number of carbonyl (C=O) groups excluding carboxylic acids is 2. The van der Waals surface area contributed by atoms with Crippen LogP contribution in [0.5, 0.6) is 11.5 Å². The van der Waals surface area contributed by atoms with Crippen molar-refractivity contribution in [2.75, 3.05) is 26.7 Å². The van der Waals surface area contributed by atoms with Gasteiger partial charge in [-0.05, 0) is 47.9 Å². The van der Waals surface area contributed by atoms with Gasteiger partial charge in [0.2, 0.25) is 10.3 Å². The van der Waals surface area contributed by atoms with E-state index in [1.807, 2.05) is 61.0 Å². The van der Waals surface area contributed by atoms with Crippen molar-refractivity contribution in [1.82, 2.24) is 0 Å². The van der Waals surface area contributed by atoms with Crippen LogP contribution in [-0.4, -0.2) is 61.0 Å². The summed E-state index contributed by atoms with van der Waals surface area (Å²) in [6.45, 7) is 0. The Labute approximate surface area is 217 Å². The highest BCUT2D eigenvalue weighted by Crippen LogP contribution is 2.18. The molecule has 4 rings (SSSR count). The summed E-state index contributed by atoms with van der Waals surface area (Å²) in [5.41, 5.74) is 2.02. The summed E-state index contributed by atoms with van der Waals surface area (Å²) in [7, 11) is 3.24. The predicted molar refractivity (Wildman–Crippen MR) is 143 cm³/mol. The van der Waals surface area contributed by atoms with Gasteiger partial charge in [0, 0.05) is 12.8 Å². The summed E-state index contributed by atoms with van der Waals surface area (Å²) in [5.74, 6) is 1.12. The van der Waals surface area contributed by atoms with Gasteiger partial charge in [0.25, 0.3) is 11.8 Å². The van der Waals surface area contributed by atoms with Gasteiger partial charge in [0.15, 0.2) is 12.1 Å². The van der Waals surface area contributed by atoms with Gasteiger partial charge < -0.3 is 9.47 Å². The Balaban J connectivity index is 0.000000201. The fourth-order valence-electron chi connectivity index (χ4n) is 3.12. The number of amidine groups is 2. The van der Waals surface area contributed by atoms with Crippen LogP contribution in [0.1, 0.15) is 11.1 Å². The quantitative estimate of drug-likeness (QED) is 0.540. The van der Waals surface area contributed by atoms with Crippen LogP contribution >= 0.6 is 23.5 Å². The van der Waals surface area contributed by atoms with E-state index in [0.29, 0.717) is 23.2 Å². The predicted octanol–water partition coefficient (Wildman–Crippen LogP) is 4.64. The van der Waals surface area contributed by atoms with Gasteiger partial charge in [-0.2, -0.15) is 20.2 Å². The van der Waals surface area contributed by atoms with Gasteiger partial charge in [-0.3, -0.25) is 9.59 Å². The molecule has 0 spiro atoms. The van der Waals surface area contributed by atoms with E-state index in [9.17, 15) is 9.59 Å². The monoisotopic (exact) mass is 526 g/mol. The van der Waals surface area contributed by atoms with Crippen LogP contribution in [0.4, 0.5) is 0 Å². The molecule has 2 heterocycles. The minimum absolute atomic E-state index is 0.231. The van der Waals surface area contributed by atoms with Gasteiger partial charge in [0.05, 0.1) is 14.2 Å². The molecule has 2 aromatic carbocycles. The third kappa shape index (κ3) is 7.82. The molecule has 0 aliphatic carbocycles. The molecule has 0 bridgehead atoms. The lowest BCUT2D eigenvalue weighted by molar-refractivity contribution is -0.120. The number of carbonyl (C=O) groups is 2. The van der Waals surface area contributed by atoms with Crippen molar-refractivity contribution in [3.8, 4) is 11.5 Å². The zero-order valence-corrected chi connectivity index (χ0v) is 22.0. The number of hydrogen-bond donors (Lipinski definition) is 0. The Bertz CT molecular complexity index is 1090. The van der Waals surface area contributed by atoms with Crippen molar-refractivity contribution in [3.63, 3.8) is 0 Å². The van der Waals surface area contributed by atoms with E-state index in [4.69, 9.17) is 9.47 Å². The van der Waals surface area contributed by atoms with Crippen molar-refractivity contribution < 1.29 is 19.1 Å². The number of rotatable bonds is 6. The number of amides is 2. The Morgan fingerprint density at radius 1 is 0.667 bits per heavy atom. The molecule has 0 fully saturated rings. The second-order valence-electron chi connectivity index (χ2n) is 7.44. The maximum absolute atomic E-state index is 11.7. The number of ether oxygens (including phenoxy) is 2. The van der Waals surface area contributed by atoms with Gasteiger partial charge in [-0.15, -0.1) is 10.2 Å². The number of benzene rings is 2. The van der Waals surface area contributed by atoms with E-state index in [1.165, 1.54) is 23.5 Å². The van der Waals surface area contributed by atoms with E-state index < -0.39 is 12.1 Å².